The van der Waals surface area contributed by atoms with Crippen molar-refractivity contribution in [3.05, 3.63) is 39.9 Å². The first kappa shape index (κ1) is 13.0. The zero-order valence-electron chi connectivity index (χ0n) is 10.6. The van der Waals surface area contributed by atoms with Gasteiger partial charge in [-0.05, 0) is 38.0 Å². The van der Waals surface area contributed by atoms with Gasteiger partial charge in [0.2, 0.25) is 0 Å². The lowest BCUT2D eigenvalue weighted by Gasteiger charge is -2.11. The first-order valence-corrected chi connectivity index (χ1v) is 6.28. The molecule has 5 heteroatoms. The molecule has 1 aliphatic rings. The highest BCUT2D eigenvalue weighted by Crippen LogP contribution is 2.15. The normalized spacial score (nSPS) is 20.2. The summed E-state index contributed by atoms with van der Waals surface area (Å²) in [5, 5.41) is 14.0. The summed E-state index contributed by atoms with van der Waals surface area (Å²) < 4.78 is 0. The molecule has 1 aromatic carbocycles. The first-order chi connectivity index (χ1) is 8.65. The Balaban J connectivity index is 1.79. The summed E-state index contributed by atoms with van der Waals surface area (Å²) in [7, 11) is 2.14. The van der Waals surface area contributed by atoms with Crippen LogP contribution in [0, 0.1) is 16.0 Å². The quantitative estimate of drug-likeness (QED) is 0.636. The van der Waals surface area contributed by atoms with Gasteiger partial charge in [-0.1, -0.05) is 12.1 Å². The molecule has 0 saturated carbocycles. The van der Waals surface area contributed by atoms with Crippen molar-refractivity contribution in [2.75, 3.05) is 26.7 Å². The Morgan fingerprint density at radius 3 is 3.06 bits per heavy atom. The molecule has 1 atom stereocenters. The van der Waals surface area contributed by atoms with E-state index in [1.165, 1.54) is 19.0 Å². The number of nitro groups is 1. The van der Waals surface area contributed by atoms with E-state index in [2.05, 4.69) is 17.3 Å². The van der Waals surface area contributed by atoms with E-state index in [1.54, 1.807) is 12.1 Å². The third kappa shape index (κ3) is 3.51. The van der Waals surface area contributed by atoms with Gasteiger partial charge in [-0.25, -0.2) is 0 Å². The lowest BCUT2D eigenvalue weighted by Crippen LogP contribution is -2.24. The van der Waals surface area contributed by atoms with E-state index < -0.39 is 0 Å². The average molecular weight is 249 g/mol. The van der Waals surface area contributed by atoms with Crippen LogP contribution in [0.25, 0.3) is 0 Å². The monoisotopic (exact) mass is 249 g/mol. The highest BCUT2D eigenvalue weighted by molar-refractivity contribution is 5.34. The zero-order valence-corrected chi connectivity index (χ0v) is 10.6. The predicted molar refractivity (Wildman–Crippen MR) is 70.4 cm³/mol. The number of benzene rings is 1. The molecule has 1 aromatic rings. The summed E-state index contributed by atoms with van der Waals surface area (Å²) in [6.07, 6.45) is 1.23. The van der Waals surface area contributed by atoms with Crippen LogP contribution >= 0.6 is 0 Å². The molecule has 1 N–H and O–H groups in total. The molecule has 2 rings (SSSR count). The molecule has 0 amide bonds. The van der Waals surface area contributed by atoms with E-state index in [0.29, 0.717) is 12.5 Å². The molecular weight excluding hydrogens is 230 g/mol. The topological polar surface area (TPSA) is 58.4 Å². The Bertz CT molecular complexity index is 422. The van der Waals surface area contributed by atoms with Gasteiger partial charge in [0.15, 0.2) is 0 Å². The van der Waals surface area contributed by atoms with Crippen LogP contribution in [0.4, 0.5) is 5.69 Å². The number of non-ortho nitro benzene ring substituents is 1. The molecule has 0 aromatic heterocycles. The second kappa shape index (κ2) is 5.93. The molecule has 0 aliphatic carbocycles. The van der Waals surface area contributed by atoms with E-state index >= 15 is 0 Å². The number of hydrogen-bond donors (Lipinski definition) is 1. The van der Waals surface area contributed by atoms with Gasteiger partial charge >= 0.3 is 0 Å². The van der Waals surface area contributed by atoms with Crippen LogP contribution < -0.4 is 5.32 Å². The number of nitro benzene ring substituents is 1. The second-order valence-corrected chi connectivity index (χ2v) is 4.97. The van der Waals surface area contributed by atoms with E-state index in [-0.39, 0.29) is 10.6 Å². The minimum absolute atomic E-state index is 0.162. The molecule has 0 spiro atoms. The lowest BCUT2D eigenvalue weighted by molar-refractivity contribution is -0.384. The van der Waals surface area contributed by atoms with E-state index in [0.717, 1.165) is 18.7 Å². The number of rotatable bonds is 5. The number of nitrogens with one attached hydrogen (secondary N) is 1. The smallest absolute Gasteiger partial charge is 0.269 e. The van der Waals surface area contributed by atoms with Crippen molar-refractivity contribution in [1.82, 2.24) is 10.2 Å². The van der Waals surface area contributed by atoms with E-state index in [1.807, 2.05) is 6.07 Å². The first-order valence-electron chi connectivity index (χ1n) is 6.28. The summed E-state index contributed by atoms with van der Waals surface area (Å²) >= 11 is 0. The Labute approximate surface area is 107 Å². The van der Waals surface area contributed by atoms with Gasteiger partial charge in [0.1, 0.15) is 0 Å². The van der Waals surface area contributed by atoms with Crippen molar-refractivity contribution in [1.29, 1.82) is 0 Å². The van der Waals surface area contributed by atoms with Crippen molar-refractivity contribution in [3.8, 4) is 0 Å². The summed E-state index contributed by atoms with van der Waals surface area (Å²) in [6.45, 7) is 3.99. The zero-order chi connectivity index (χ0) is 13.0. The second-order valence-electron chi connectivity index (χ2n) is 4.97. The van der Waals surface area contributed by atoms with Gasteiger partial charge < -0.3 is 10.2 Å². The van der Waals surface area contributed by atoms with Crippen LogP contribution in [-0.4, -0.2) is 36.5 Å². The highest BCUT2D eigenvalue weighted by atomic mass is 16.6. The van der Waals surface area contributed by atoms with Crippen LogP contribution in [0.3, 0.4) is 0 Å². The van der Waals surface area contributed by atoms with Crippen molar-refractivity contribution < 1.29 is 4.92 Å². The molecule has 5 nitrogen and oxygen atoms in total. The number of hydrogen-bond acceptors (Lipinski definition) is 4. The molecule has 1 saturated heterocycles. The SMILES string of the molecule is CN1CCC(CNCc2cccc([N+](=O)[O-])c2)C1. The molecule has 1 aliphatic heterocycles. The molecule has 1 heterocycles. The minimum Gasteiger partial charge on any atom is -0.312 e. The van der Waals surface area contributed by atoms with Gasteiger partial charge in [-0.3, -0.25) is 10.1 Å². The van der Waals surface area contributed by atoms with Crippen LogP contribution in [0.1, 0.15) is 12.0 Å². The fraction of sp³-hybridized carbons (Fsp3) is 0.538. The van der Waals surface area contributed by atoms with Gasteiger partial charge in [0.25, 0.3) is 5.69 Å². The fourth-order valence-electron chi connectivity index (χ4n) is 2.39. The standard InChI is InChI=1S/C13H19N3O2/c1-15-6-5-12(10-15)9-14-8-11-3-2-4-13(7-11)16(17)18/h2-4,7,12,14H,5-6,8-10H2,1H3. The van der Waals surface area contributed by atoms with E-state index in [9.17, 15) is 10.1 Å². The van der Waals surface area contributed by atoms with E-state index in [4.69, 9.17) is 0 Å². The van der Waals surface area contributed by atoms with Gasteiger partial charge in [-0.15, -0.1) is 0 Å². The molecule has 98 valence electrons. The molecular formula is C13H19N3O2. The van der Waals surface area contributed by atoms with Gasteiger partial charge in [0, 0.05) is 25.2 Å². The molecule has 0 radical (unpaired) electrons. The molecule has 1 unspecified atom stereocenters. The summed E-state index contributed by atoms with van der Waals surface area (Å²) in [5.74, 6) is 0.702. The maximum atomic E-state index is 10.7. The summed E-state index contributed by atoms with van der Waals surface area (Å²) in [5.41, 5.74) is 1.13. The summed E-state index contributed by atoms with van der Waals surface area (Å²) in [4.78, 5) is 12.6. The van der Waals surface area contributed by atoms with Crippen LogP contribution in [-0.2, 0) is 6.54 Å². The maximum Gasteiger partial charge on any atom is 0.269 e. The van der Waals surface area contributed by atoms with Gasteiger partial charge in [-0.2, -0.15) is 0 Å². The number of likely N-dealkylation sites (tertiary alicyclic amines) is 1. The largest absolute Gasteiger partial charge is 0.312 e. The van der Waals surface area contributed by atoms with Crippen LogP contribution in [0.15, 0.2) is 24.3 Å². The third-order valence-corrected chi connectivity index (χ3v) is 3.37. The lowest BCUT2D eigenvalue weighted by atomic mass is 10.1. The Hall–Kier alpha value is -1.46. The highest BCUT2D eigenvalue weighted by Gasteiger charge is 2.18. The number of nitrogens with zero attached hydrogens (tertiary/aromatic N) is 2. The van der Waals surface area contributed by atoms with Crippen molar-refractivity contribution >= 4 is 5.69 Å². The molecule has 1 fully saturated rings. The summed E-state index contributed by atoms with van der Waals surface area (Å²) in [6, 6.07) is 6.81. The van der Waals surface area contributed by atoms with Crippen LogP contribution in [0.2, 0.25) is 0 Å². The molecule has 18 heavy (non-hydrogen) atoms. The van der Waals surface area contributed by atoms with Crippen molar-refractivity contribution in [2.45, 2.75) is 13.0 Å². The Morgan fingerprint density at radius 2 is 2.39 bits per heavy atom. The third-order valence-electron chi connectivity index (χ3n) is 3.37. The maximum absolute atomic E-state index is 10.7. The predicted octanol–water partition coefficient (Wildman–Crippen LogP) is 1.64. The van der Waals surface area contributed by atoms with Crippen molar-refractivity contribution in [3.63, 3.8) is 0 Å². The van der Waals surface area contributed by atoms with Gasteiger partial charge in [0.05, 0.1) is 4.92 Å². The van der Waals surface area contributed by atoms with Crippen molar-refractivity contribution in [2.24, 2.45) is 5.92 Å². The molecule has 0 bridgehead atoms. The Kier molecular flexibility index (Phi) is 4.28. The minimum atomic E-state index is -0.352. The average Bonchev–Trinajstić information content (AvgIpc) is 2.75. The van der Waals surface area contributed by atoms with Crippen LogP contribution in [0.5, 0.6) is 0 Å². The fourth-order valence-corrected chi connectivity index (χ4v) is 2.39. The Morgan fingerprint density at radius 1 is 1.56 bits per heavy atom.